The van der Waals surface area contributed by atoms with Gasteiger partial charge in [0.05, 0.1) is 0 Å². The van der Waals surface area contributed by atoms with Crippen molar-refractivity contribution in [1.82, 2.24) is 4.90 Å². The monoisotopic (exact) mass is 324 g/mol. The molecule has 1 N–H and O–H groups in total. The second-order valence-electron chi connectivity index (χ2n) is 6.20. The highest BCUT2D eigenvalue weighted by Crippen LogP contribution is 2.26. The number of fused-ring (bicyclic) bond motifs is 1. The molecule has 1 aliphatic rings. The minimum Gasteiger partial charge on any atom is -0.480 e. The van der Waals surface area contributed by atoms with E-state index in [1.807, 2.05) is 55.4 Å². The predicted molar refractivity (Wildman–Crippen MR) is 92.2 cm³/mol. The summed E-state index contributed by atoms with van der Waals surface area (Å²) in [5.74, 6) is -1.22. The first kappa shape index (κ1) is 16.1. The summed E-state index contributed by atoms with van der Waals surface area (Å²) in [6.45, 7) is 0.318. The van der Waals surface area contributed by atoms with Gasteiger partial charge in [0.25, 0.3) is 5.91 Å². The molecule has 1 atom stereocenters. The van der Waals surface area contributed by atoms with Crippen molar-refractivity contribution < 1.29 is 14.7 Å². The SMILES string of the molecule is CN(C)c1cccc(C(=O)N2Cc3ccccc3CC2C(=O)O)c1. The van der Waals surface area contributed by atoms with Crippen molar-refractivity contribution in [2.45, 2.75) is 19.0 Å². The Hall–Kier alpha value is -2.82. The molecule has 1 heterocycles. The van der Waals surface area contributed by atoms with Crippen molar-refractivity contribution in [2.24, 2.45) is 0 Å². The summed E-state index contributed by atoms with van der Waals surface area (Å²) >= 11 is 0. The van der Waals surface area contributed by atoms with Gasteiger partial charge >= 0.3 is 5.97 Å². The van der Waals surface area contributed by atoms with Crippen LogP contribution < -0.4 is 4.90 Å². The van der Waals surface area contributed by atoms with Crippen LogP contribution in [0.5, 0.6) is 0 Å². The van der Waals surface area contributed by atoms with Gasteiger partial charge in [0.1, 0.15) is 6.04 Å². The molecule has 0 saturated carbocycles. The summed E-state index contributed by atoms with van der Waals surface area (Å²) in [6.07, 6.45) is 0.338. The second-order valence-corrected chi connectivity index (χ2v) is 6.20. The Kier molecular flexibility index (Phi) is 4.25. The van der Waals surface area contributed by atoms with E-state index < -0.39 is 12.0 Å². The third-order valence-electron chi connectivity index (χ3n) is 4.40. The number of carbonyl (C=O) groups is 2. The average molecular weight is 324 g/mol. The fraction of sp³-hybridized carbons (Fsp3) is 0.263. The van der Waals surface area contributed by atoms with E-state index in [9.17, 15) is 14.7 Å². The Morgan fingerprint density at radius 3 is 2.46 bits per heavy atom. The highest BCUT2D eigenvalue weighted by atomic mass is 16.4. The Bertz CT molecular complexity index is 786. The van der Waals surface area contributed by atoms with Crippen molar-refractivity contribution >= 4 is 17.6 Å². The quantitative estimate of drug-likeness (QED) is 0.942. The highest BCUT2D eigenvalue weighted by molar-refractivity contribution is 5.97. The van der Waals surface area contributed by atoms with Crippen LogP contribution in [0.2, 0.25) is 0 Å². The van der Waals surface area contributed by atoms with Crippen LogP contribution in [0.4, 0.5) is 5.69 Å². The molecule has 1 aliphatic heterocycles. The van der Waals surface area contributed by atoms with Gasteiger partial charge in [-0.2, -0.15) is 0 Å². The molecule has 0 aromatic heterocycles. The number of anilines is 1. The minimum atomic E-state index is -0.971. The minimum absolute atomic E-state index is 0.249. The Morgan fingerprint density at radius 1 is 1.08 bits per heavy atom. The molecule has 0 fully saturated rings. The Morgan fingerprint density at radius 2 is 1.79 bits per heavy atom. The van der Waals surface area contributed by atoms with Gasteiger partial charge in [0.15, 0.2) is 0 Å². The van der Waals surface area contributed by atoms with Gasteiger partial charge in [-0.1, -0.05) is 30.3 Å². The van der Waals surface area contributed by atoms with Crippen molar-refractivity contribution in [3.05, 3.63) is 65.2 Å². The number of hydrogen-bond acceptors (Lipinski definition) is 3. The zero-order valence-electron chi connectivity index (χ0n) is 13.8. The van der Waals surface area contributed by atoms with E-state index in [1.54, 1.807) is 12.1 Å². The molecule has 1 amide bonds. The lowest BCUT2D eigenvalue weighted by Gasteiger charge is -2.34. The molecular weight excluding hydrogens is 304 g/mol. The third-order valence-corrected chi connectivity index (χ3v) is 4.40. The van der Waals surface area contributed by atoms with Crippen molar-refractivity contribution in [2.75, 3.05) is 19.0 Å². The summed E-state index contributed by atoms with van der Waals surface area (Å²) in [7, 11) is 3.81. The molecule has 0 saturated heterocycles. The molecular formula is C19H20N2O3. The highest BCUT2D eigenvalue weighted by Gasteiger charge is 2.34. The first-order chi connectivity index (χ1) is 11.5. The maximum atomic E-state index is 12.9. The van der Waals surface area contributed by atoms with E-state index >= 15 is 0 Å². The van der Waals surface area contributed by atoms with Crippen LogP contribution in [0, 0.1) is 0 Å². The van der Waals surface area contributed by atoms with E-state index in [1.165, 1.54) is 4.90 Å². The van der Waals surface area contributed by atoms with Crippen molar-refractivity contribution in [3.63, 3.8) is 0 Å². The molecule has 2 aromatic rings. The topological polar surface area (TPSA) is 60.9 Å². The summed E-state index contributed by atoms with van der Waals surface area (Å²) in [4.78, 5) is 28.0. The van der Waals surface area contributed by atoms with Gasteiger partial charge in [-0.3, -0.25) is 4.79 Å². The maximum absolute atomic E-state index is 12.9. The fourth-order valence-corrected chi connectivity index (χ4v) is 3.04. The van der Waals surface area contributed by atoms with E-state index in [-0.39, 0.29) is 5.91 Å². The van der Waals surface area contributed by atoms with Crippen LogP contribution in [0.15, 0.2) is 48.5 Å². The van der Waals surface area contributed by atoms with Gasteiger partial charge in [0, 0.05) is 38.3 Å². The molecule has 3 rings (SSSR count). The standard InChI is InChI=1S/C19H20N2O3/c1-20(2)16-9-5-8-14(10-16)18(22)21-12-15-7-4-3-6-13(15)11-17(21)19(23)24/h3-10,17H,11-12H2,1-2H3,(H,23,24). The summed E-state index contributed by atoms with van der Waals surface area (Å²) in [6, 6.07) is 14.1. The number of hydrogen-bond donors (Lipinski definition) is 1. The molecule has 1 unspecified atom stereocenters. The van der Waals surface area contributed by atoms with Crippen LogP contribution in [-0.2, 0) is 17.8 Å². The van der Waals surface area contributed by atoms with Gasteiger partial charge < -0.3 is 14.9 Å². The first-order valence-electron chi connectivity index (χ1n) is 7.85. The molecule has 2 aromatic carbocycles. The molecule has 5 heteroatoms. The van der Waals surface area contributed by atoms with Crippen LogP contribution in [0.3, 0.4) is 0 Å². The van der Waals surface area contributed by atoms with E-state index in [0.29, 0.717) is 18.5 Å². The molecule has 0 aliphatic carbocycles. The molecule has 5 nitrogen and oxygen atoms in total. The number of carbonyl (C=O) groups excluding carboxylic acids is 1. The van der Waals surface area contributed by atoms with Crippen LogP contribution >= 0.6 is 0 Å². The normalized spacial score (nSPS) is 16.4. The van der Waals surface area contributed by atoms with E-state index in [2.05, 4.69) is 0 Å². The zero-order chi connectivity index (χ0) is 17.3. The lowest BCUT2D eigenvalue weighted by atomic mass is 9.93. The molecule has 124 valence electrons. The second kappa shape index (κ2) is 6.35. The largest absolute Gasteiger partial charge is 0.480 e. The van der Waals surface area contributed by atoms with Gasteiger partial charge in [0.2, 0.25) is 0 Å². The van der Waals surface area contributed by atoms with Crippen LogP contribution in [0.1, 0.15) is 21.5 Å². The molecule has 0 bridgehead atoms. The van der Waals surface area contributed by atoms with E-state index in [0.717, 1.165) is 16.8 Å². The number of carboxylic acids is 1. The fourth-order valence-electron chi connectivity index (χ4n) is 3.04. The summed E-state index contributed by atoms with van der Waals surface area (Å²) < 4.78 is 0. The van der Waals surface area contributed by atoms with Crippen LogP contribution in [0.25, 0.3) is 0 Å². The predicted octanol–water partition coefficient (Wildman–Crippen LogP) is 2.40. The Labute approximate surface area is 141 Å². The third kappa shape index (κ3) is 2.97. The Balaban J connectivity index is 1.95. The van der Waals surface area contributed by atoms with Gasteiger partial charge in [-0.25, -0.2) is 4.79 Å². The molecule has 24 heavy (non-hydrogen) atoms. The van der Waals surface area contributed by atoms with Crippen LogP contribution in [-0.4, -0.2) is 42.0 Å². The lowest BCUT2D eigenvalue weighted by Crippen LogP contribution is -2.48. The number of carboxylic acid groups (broad SMARTS) is 1. The maximum Gasteiger partial charge on any atom is 0.326 e. The van der Waals surface area contributed by atoms with Crippen molar-refractivity contribution in [3.8, 4) is 0 Å². The number of aliphatic carboxylic acids is 1. The molecule has 0 radical (unpaired) electrons. The number of rotatable bonds is 3. The number of benzene rings is 2. The molecule has 0 spiro atoms. The van der Waals surface area contributed by atoms with Gasteiger partial charge in [-0.15, -0.1) is 0 Å². The van der Waals surface area contributed by atoms with E-state index in [4.69, 9.17) is 0 Å². The van der Waals surface area contributed by atoms with Crippen molar-refractivity contribution in [1.29, 1.82) is 0 Å². The first-order valence-corrected chi connectivity index (χ1v) is 7.85. The lowest BCUT2D eigenvalue weighted by molar-refractivity contribution is -0.142. The van der Waals surface area contributed by atoms with Gasteiger partial charge in [-0.05, 0) is 29.3 Å². The zero-order valence-corrected chi connectivity index (χ0v) is 13.8. The smallest absolute Gasteiger partial charge is 0.326 e. The number of nitrogens with zero attached hydrogens (tertiary/aromatic N) is 2. The summed E-state index contributed by atoms with van der Waals surface area (Å²) in [5.41, 5.74) is 3.42. The average Bonchev–Trinajstić information content (AvgIpc) is 2.60. The number of amides is 1. The summed E-state index contributed by atoms with van der Waals surface area (Å²) in [5, 5.41) is 9.57.